The zero-order valence-electron chi connectivity index (χ0n) is 19.0. The van der Waals surface area contributed by atoms with Crippen LogP contribution in [-0.4, -0.2) is 35.4 Å². The Morgan fingerprint density at radius 2 is 1.81 bits per heavy atom. The molecule has 0 spiro atoms. The second kappa shape index (κ2) is 9.98. The second-order valence-electron chi connectivity index (χ2n) is 8.36. The van der Waals surface area contributed by atoms with Gasteiger partial charge in [0, 0.05) is 12.1 Å². The van der Waals surface area contributed by atoms with Crippen LogP contribution in [0.4, 0.5) is 4.39 Å². The molecule has 0 bridgehead atoms. The Kier molecular flexibility index (Phi) is 7.33. The molecule has 170 valence electrons. The third-order valence-electron chi connectivity index (χ3n) is 5.85. The van der Waals surface area contributed by atoms with Gasteiger partial charge in [-0.2, -0.15) is 0 Å². The van der Waals surface area contributed by atoms with Gasteiger partial charge in [-0.15, -0.1) is 0 Å². The van der Waals surface area contributed by atoms with E-state index in [2.05, 4.69) is 6.92 Å². The van der Waals surface area contributed by atoms with Gasteiger partial charge in [-0.05, 0) is 53.8 Å². The number of methoxy groups -OCH3 is 1. The number of hydrogen-bond acceptors (Lipinski definition) is 4. The first kappa shape index (κ1) is 23.5. The summed E-state index contributed by atoms with van der Waals surface area (Å²) in [5.74, 6) is -1.20. The number of Topliss-reactive ketones (excluding diaryl/α,β-unsaturated/α-hetero) is 1. The van der Waals surface area contributed by atoms with Crippen LogP contribution in [0.25, 0.3) is 5.76 Å². The summed E-state index contributed by atoms with van der Waals surface area (Å²) in [6.07, 6.45) is 2.62. The highest BCUT2D eigenvalue weighted by atomic mass is 19.1. The molecule has 5 nitrogen and oxygen atoms in total. The standard InChI is InChI=1S/C26H30FNO4/c1-5-6-7-14-28-23(17-8-11-19(27)12-9-17)22(25(30)26(28)31)24(29)18-10-13-21(32-4)20(15-18)16(2)3/h8-13,15-16,23,29H,5-7,14H2,1-4H3/b24-22-. The van der Waals surface area contributed by atoms with Crippen LogP contribution in [0.3, 0.4) is 0 Å². The van der Waals surface area contributed by atoms with Gasteiger partial charge in [-0.25, -0.2) is 4.39 Å². The maximum Gasteiger partial charge on any atom is 0.295 e. The fraction of sp³-hybridized carbons (Fsp3) is 0.385. The number of aliphatic hydroxyl groups is 1. The van der Waals surface area contributed by atoms with Crippen LogP contribution in [0.1, 0.15) is 68.7 Å². The Balaban J connectivity index is 2.15. The lowest BCUT2D eigenvalue weighted by molar-refractivity contribution is -0.139. The molecule has 2 aromatic carbocycles. The van der Waals surface area contributed by atoms with Crippen molar-refractivity contribution in [1.82, 2.24) is 4.90 Å². The van der Waals surface area contributed by atoms with Crippen molar-refractivity contribution in [3.8, 4) is 5.75 Å². The van der Waals surface area contributed by atoms with E-state index in [9.17, 15) is 19.1 Å². The maximum absolute atomic E-state index is 13.6. The smallest absolute Gasteiger partial charge is 0.295 e. The molecule has 1 atom stereocenters. The molecule has 1 unspecified atom stereocenters. The second-order valence-corrected chi connectivity index (χ2v) is 8.36. The number of hydrogen-bond donors (Lipinski definition) is 1. The van der Waals surface area contributed by atoms with E-state index in [1.165, 1.54) is 17.0 Å². The first-order chi connectivity index (χ1) is 15.3. The van der Waals surface area contributed by atoms with E-state index in [1.807, 2.05) is 13.8 Å². The number of unbranched alkanes of at least 4 members (excludes halogenated alkanes) is 2. The molecule has 0 saturated carbocycles. The molecule has 1 amide bonds. The molecule has 1 N–H and O–H groups in total. The van der Waals surface area contributed by atoms with E-state index < -0.39 is 23.5 Å². The molecular weight excluding hydrogens is 409 g/mol. The van der Waals surface area contributed by atoms with Crippen LogP contribution < -0.4 is 4.74 Å². The average Bonchev–Trinajstić information content (AvgIpc) is 3.03. The number of likely N-dealkylation sites (tertiary alicyclic amines) is 1. The minimum Gasteiger partial charge on any atom is -0.507 e. The van der Waals surface area contributed by atoms with E-state index in [1.54, 1.807) is 37.4 Å². The lowest BCUT2D eigenvalue weighted by atomic mass is 9.93. The molecule has 32 heavy (non-hydrogen) atoms. The normalized spacial score (nSPS) is 17.9. The van der Waals surface area contributed by atoms with E-state index in [-0.39, 0.29) is 17.3 Å². The highest BCUT2D eigenvalue weighted by Gasteiger charge is 2.45. The number of benzene rings is 2. The molecule has 1 fully saturated rings. The summed E-state index contributed by atoms with van der Waals surface area (Å²) in [6, 6.07) is 10.1. The molecule has 0 radical (unpaired) electrons. The summed E-state index contributed by atoms with van der Waals surface area (Å²) < 4.78 is 19.0. The Morgan fingerprint density at radius 1 is 1.12 bits per heavy atom. The minimum absolute atomic E-state index is 0.0259. The van der Waals surface area contributed by atoms with Gasteiger partial charge >= 0.3 is 0 Å². The van der Waals surface area contributed by atoms with Crippen molar-refractivity contribution in [3.63, 3.8) is 0 Å². The molecule has 2 aromatic rings. The van der Waals surface area contributed by atoms with Crippen molar-refractivity contribution in [1.29, 1.82) is 0 Å². The monoisotopic (exact) mass is 439 g/mol. The number of halogens is 1. The lowest BCUT2D eigenvalue weighted by Crippen LogP contribution is -2.30. The highest BCUT2D eigenvalue weighted by molar-refractivity contribution is 6.46. The molecule has 3 rings (SSSR count). The Labute approximate surface area is 188 Å². The molecule has 1 saturated heterocycles. The molecule has 1 aliphatic heterocycles. The number of rotatable bonds is 8. The number of ketones is 1. The SMILES string of the molecule is CCCCCN1C(=O)C(=O)/C(=C(\O)c2ccc(OC)c(C(C)C)c2)C1c1ccc(F)cc1. The summed E-state index contributed by atoms with van der Waals surface area (Å²) in [5.41, 5.74) is 1.93. The Bertz CT molecular complexity index is 1030. The van der Waals surface area contributed by atoms with Crippen molar-refractivity contribution in [2.24, 2.45) is 0 Å². The summed E-state index contributed by atoms with van der Waals surface area (Å²) >= 11 is 0. The van der Waals surface area contributed by atoms with Gasteiger partial charge in [-0.3, -0.25) is 9.59 Å². The van der Waals surface area contributed by atoms with Crippen molar-refractivity contribution in [2.45, 2.75) is 52.0 Å². The third kappa shape index (κ3) is 4.54. The van der Waals surface area contributed by atoms with Gasteiger partial charge in [-0.1, -0.05) is 45.7 Å². The third-order valence-corrected chi connectivity index (χ3v) is 5.85. The molecule has 0 aromatic heterocycles. The number of carbonyl (C=O) groups is 2. The number of ether oxygens (including phenoxy) is 1. The Morgan fingerprint density at radius 3 is 2.41 bits per heavy atom. The largest absolute Gasteiger partial charge is 0.507 e. The summed E-state index contributed by atoms with van der Waals surface area (Å²) in [5, 5.41) is 11.2. The number of aliphatic hydroxyl groups excluding tert-OH is 1. The van der Waals surface area contributed by atoms with Crippen molar-refractivity contribution >= 4 is 17.4 Å². The van der Waals surface area contributed by atoms with E-state index in [4.69, 9.17) is 4.74 Å². The van der Waals surface area contributed by atoms with Gasteiger partial charge < -0.3 is 14.7 Å². The van der Waals surface area contributed by atoms with E-state index in [0.717, 1.165) is 24.8 Å². The van der Waals surface area contributed by atoms with Crippen LogP contribution >= 0.6 is 0 Å². The molecule has 1 aliphatic rings. The van der Waals surface area contributed by atoms with Crippen LogP contribution in [0, 0.1) is 5.82 Å². The van der Waals surface area contributed by atoms with Crippen LogP contribution in [0.2, 0.25) is 0 Å². The van der Waals surface area contributed by atoms with Gasteiger partial charge in [0.1, 0.15) is 17.3 Å². The highest BCUT2D eigenvalue weighted by Crippen LogP contribution is 2.40. The fourth-order valence-electron chi connectivity index (χ4n) is 4.12. The molecule has 6 heteroatoms. The zero-order valence-corrected chi connectivity index (χ0v) is 19.0. The van der Waals surface area contributed by atoms with Gasteiger partial charge in [0.15, 0.2) is 0 Å². The summed E-state index contributed by atoms with van der Waals surface area (Å²) in [6.45, 7) is 6.46. The molecular formula is C26H30FNO4. The average molecular weight is 440 g/mol. The maximum atomic E-state index is 13.6. The summed E-state index contributed by atoms with van der Waals surface area (Å²) in [7, 11) is 1.58. The molecule has 0 aliphatic carbocycles. The van der Waals surface area contributed by atoms with Gasteiger partial charge in [0.2, 0.25) is 0 Å². The quantitative estimate of drug-likeness (QED) is 0.253. The van der Waals surface area contributed by atoms with Crippen LogP contribution in [0.15, 0.2) is 48.0 Å². The van der Waals surface area contributed by atoms with Crippen molar-refractivity contribution in [2.75, 3.05) is 13.7 Å². The lowest BCUT2D eigenvalue weighted by Gasteiger charge is -2.25. The minimum atomic E-state index is -0.767. The van der Waals surface area contributed by atoms with Crippen molar-refractivity contribution < 1.29 is 23.8 Å². The number of carbonyl (C=O) groups excluding carboxylic acids is 2. The topological polar surface area (TPSA) is 66.8 Å². The van der Waals surface area contributed by atoms with E-state index in [0.29, 0.717) is 23.4 Å². The first-order valence-electron chi connectivity index (χ1n) is 11.0. The van der Waals surface area contributed by atoms with Crippen LogP contribution in [-0.2, 0) is 9.59 Å². The van der Waals surface area contributed by atoms with Crippen molar-refractivity contribution in [3.05, 3.63) is 70.5 Å². The van der Waals surface area contributed by atoms with Crippen LogP contribution in [0.5, 0.6) is 5.75 Å². The fourth-order valence-corrected chi connectivity index (χ4v) is 4.12. The molecule has 1 heterocycles. The zero-order chi connectivity index (χ0) is 23.4. The predicted octanol–water partition coefficient (Wildman–Crippen LogP) is 5.57. The van der Waals surface area contributed by atoms with Gasteiger partial charge in [0.05, 0.1) is 18.7 Å². The number of nitrogens with zero attached hydrogens (tertiary/aromatic N) is 1. The first-order valence-corrected chi connectivity index (χ1v) is 11.0. The number of amides is 1. The van der Waals surface area contributed by atoms with Gasteiger partial charge in [0.25, 0.3) is 11.7 Å². The Hall–Kier alpha value is -3.15. The predicted molar refractivity (Wildman–Crippen MR) is 122 cm³/mol. The summed E-state index contributed by atoms with van der Waals surface area (Å²) in [4.78, 5) is 27.4. The van der Waals surface area contributed by atoms with E-state index >= 15 is 0 Å².